The molecule has 0 aliphatic carbocycles. The van der Waals surface area contributed by atoms with Crippen LogP contribution in [0.3, 0.4) is 0 Å². The van der Waals surface area contributed by atoms with Crippen molar-refractivity contribution in [3.8, 4) is 0 Å². The molecule has 0 saturated carbocycles. The van der Waals surface area contributed by atoms with Crippen LogP contribution in [0.4, 0.5) is 0 Å². The highest BCUT2D eigenvalue weighted by molar-refractivity contribution is 6.35. The molecule has 4 nitrogen and oxygen atoms in total. The molecule has 0 fully saturated rings. The van der Waals surface area contributed by atoms with Crippen molar-refractivity contribution >= 4 is 40.1 Å². The largest absolute Gasteiger partial charge is 0.349 e. The van der Waals surface area contributed by atoms with Gasteiger partial charge in [-0.05, 0) is 29.8 Å². The van der Waals surface area contributed by atoms with Gasteiger partial charge in [-0.1, -0.05) is 41.4 Å². The first-order chi connectivity index (χ1) is 11.0. The summed E-state index contributed by atoms with van der Waals surface area (Å²) < 4.78 is 1.98. The van der Waals surface area contributed by atoms with Crippen molar-refractivity contribution in [2.24, 2.45) is 7.05 Å². The van der Waals surface area contributed by atoms with Crippen LogP contribution in [0.2, 0.25) is 10.0 Å². The van der Waals surface area contributed by atoms with Crippen LogP contribution in [0.5, 0.6) is 0 Å². The van der Waals surface area contributed by atoms with Crippen LogP contribution in [0.15, 0.2) is 42.5 Å². The number of amides is 1. The maximum absolute atomic E-state index is 12.1. The van der Waals surface area contributed by atoms with E-state index in [9.17, 15) is 4.79 Å². The lowest BCUT2D eigenvalue weighted by atomic mass is 10.1. The Bertz CT molecular complexity index is 873. The summed E-state index contributed by atoms with van der Waals surface area (Å²) in [6.45, 7) is 0.370. The molecule has 1 heterocycles. The van der Waals surface area contributed by atoms with Gasteiger partial charge in [-0.3, -0.25) is 4.79 Å². The number of aryl methyl sites for hydroxylation is 1. The zero-order valence-corrected chi connectivity index (χ0v) is 14.0. The number of para-hydroxylation sites is 2. The molecule has 0 radical (unpaired) electrons. The number of carbonyl (C=O) groups excluding carboxylic acids is 1. The minimum atomic E-state index is -0.110. The van der Waals surface area contributed by atoms with Crippen LogP contribution >= 0.6 is 23.2 Å². The van der Waals surface area contributed by atoms with Crippen LogP contribution in [0, 0.1) is 0 Å². The first-order valence-electron chi connectivity index (χ1n) is 7.15. The molecule has 118 valence electrons. The van der Waals surface area contributed by atoms with Crippen LogP contribution < -0.4 is 5.32 Å². The standard InChI is InChI=1S/C17H15Cl2N3O/c1-22-15-5-3-2-4-14(15)21-16(22)10-20-17(23)8-11-6-7-12(18)9-13(11)19/h2-7,9H,8,10H2,1H3,(H,20,23). The van der Waals surface area contributed by atoms with E-state index in [0.717, 1.165) is 22.4 Å². The van der Waals surface area contributed by atoms with E-state index in [4.69, 9.17) is 23.2 Å². The van der Waals surface area contributed by atoms with Crippen molar-refractivity contribution in [1.82, 2.24) is 14.9 Å². The fourth-order valence-corrected chi connectivity index (χ4v) is 2.91. The highest BCUT2D eigenvalue weighted by Crippen LogP contribution is 2.21. The number of aromatic nitrogens is 2. The summed E-state index contributed by atoms with van der Waals surface area (Å²) in [7, 11) is 1.94. The zero-order valence-electron chi connectivity index (χ0n) is 12.5. The molecule has 3 rings (SSSR count). The van der Waals surface area contributed by atoms with Gasteiger partial charge in [0.1, 0.15) is 5.82 Å². The van der Waals surface area contributed by atoms with Crippen molar-refractivity contribution < 1.29 is 4.79 Å². The molecule has 23 heavy (non-hydrogen) atoms. The number of nitrogens with one attached hydrogen (secondary N) is 1. The molecule has 1 N–H and O–H groups in total. The van der Waals surface area contributed by atoms with Gasteiger partial charge >= 0.3 is 0 Å². The van der Waals surface area contributed by atoms with Crippen molar-refractivity contribution in [3.05, 3.63) is 63.9 Å². The normalized spacial score (nSPS) is 10.9. The van der Waals surface area contributed by atoms with E-state index in [0.29, 0.717) is 16.6 Å². The molecular formula is C17H15Cl2N3O. The predicted molar refractivity (Wildman–Crippen MR) is 92.7 cm³/mol. The third-order valence-electron chi connectivity index (χ3n) is 3.69. The van der Waals surface area contributed by atoms with E-state index in [1.165, 1.54) is 0 Å². The Kier molecular flexibility index (Phi) is 4.55. The van der Waals surface area contributed by atoms with Crippen LogP contribution in [-0.4, -0.2) is 15.5 Å². The molecule has 1 amide bonds. The highest BCUT2D eigenvalue weighted by atomic mass is 35.5. The summed E-state index contributed by atoms with van der Waals surface area (Å²) in [6.07, 6.45) is 0.208. The molecule has 0 atom stereocenters. The SMILES string of the molecule is Cn1c(CNC(=O)Cc2ccc(Cl)cc2Cl)nc2ccccc21. The smallest absolute Gasteiger partial charge is 0.224 e. The summed E-state index contributed by atoms with van der Waals surface area (Å²) in [5.41, 5.74) is 2.70. The number of halogens is 2. The zero-order chi connectivity index (χ0) is 16.4. The van der Waals surface area contributed by atoms with Crippen LogP contribution in [-0.2, 0) is 24.8 Å². The second-order valence-electron chi connectivity index (χ2n) is 5.27. The van der Waals surface area contributed by atoms with E-state index in [1.807, 2.05) is 35.9 Å². The first-order valence-corrected chi connectivity index (χ1v) is 7.91. The van der Waals surface area contributed by atoms with Gasteiger partial charge < -0.3 is 9.88 Å². The fraction of sp³-hybridized carbons (Fsp3) is 0.176. The molecule has 2 aromatic carbocycles. The minimum Gasteiger partial charge on any atom is -0.349 e. The number of carbonyl (C=O) groups is 1. The summed E-state index contributed by atoms with van der Waals surface area (Å²) >= 11 is 11.9. The molecule has 6 heteroatoms. The van der Waals surface area contributed by atoms with Crippen molar-refractivity contribution in [1.29, 1.82) is 0 Å². The molecule has 0 aliphatic rings. The summed E-state index contributed by atoms with van der Waals surface area (Å²) in [5, 5.41) is 3.93. The van der Waals surface area contributed by atoms with Gasteiger partial charge in [-0.25, -0.2) is 4.98 Å². The summed E-state index contributed by atoms with van der Waals surface area (Å²) in [6, 6.07) is 13.0. The van der Waals surface area contributed by atoms with Crippen molar-refractivity contribution in [3.63, 3.8) is 0 Å². The Balaban J connectivity index is 1.67. The number of benzene rings is 2. The van der Waals surface area contributed by atoms with Gasteiger partial charge in [0, 0.05) is 17.1 Å². The molecule has 1 aromatic heterocycles. The molecule has 0 bridgehead atoms. The second kappa shape index (κ2) is 6.60. The Morgan fingerprint density at radius 1 is 1.22 bits per heavy atom. The Labute approximate surface area is 144 Å². The topological polar surface area (TPSA) is 46.9 Å². The maximum Gasteiger partial charge on any atom is 0.224 e. The number of rotatable bonds is 4. The highest BCUT2D eigenvalue weighted by Gasteiger charge is 2.10. The van der Waals surface area contributed by atoms with Gasteiger partial charge in [0.2, 0.25) is 5.91 Å². The molecule has 0 unspecified atom stereocenters. The van der Waals surface area contributed by atoms with Gasteiger partial charge in [0.15, 0.2) is 0 Å². The fourth-order valence-electron chi connectivity index (χ4n) is 2.43. The lowest BCUT2D eigenvalue weighted by molar-refractivity contribution is -0.120. The molecule has 3 aromatic rings. The lowest BCUT2D eigenvalue weighted by Gasteiger charge is -2.07. The average Bonchev–Trinajstić information content (AvgIpc) is 2.85. The molecular weight excluding hydrogens is 333 g/mol. The van der Waals surface area contributed by atoms with Gasteiger partial charge in [0.25, 0.3) is 0 Å². The van der Waals surface area contributed by atoms with Gasteiger partial charge in [-0.15, -0.1) is 0 Å². The van der Waals surface area contributed by atoms with Crippen molar-refractivity contribution in [2.45, 2.75) is 13.0 Å². The minimum absolute atomic E-state index is 0.110. The van der Waals surface area contributed by atoms with Crippen LogP contribution in [0.25, 0.3) is 11.0 Å². The monoisotopic (exact) mass is 347 g/mol. The lowest BCUT2D eigenvalue weighted by Crippen LogP contribution is -2.26. The van der Waals surface area contributed by atoms with E-state index in [1.54, 1.807) is 18.2 Å². The number of hydrogen-bond acceptors (Lipinski definition) is 2. The maximum atomic E-state index is 12.1. The first kappa shape index (κ1) is 15.8. The van der Waals surface area contributed by atoms with E-state index in [2.05, 4.69) is 10.3 Å². The van der Waals surface area contributed by atoms with E-state index in [-0.39, 0.29) is 12.3 Å². The van der Waals surface area contributed by atoms with Gasteiger partial charge in [-0.2, -0.15) is 0 Å². The number of nitrogens with zero attached hydrogens (tertiary/aromatic N) is 2. The Hall–Kier alpha value is -2.04. The number of fused-ring (bicyclic) bond motifs is 1. The Morgan fingerprint density at radius 3 is 2.74 bits per heavy atom. The molecule has 0 aliphatic heterocycles. The second-order valence-corrected chi connectivity index (χ2v) is 6.11. The molecule has 0 spiro atoms. The van der Waals surface area contributed by atoms with Crippen molar-refractivity contribution in [2.75, 3.05) is 0 Å². The predicted octanol–water partition coefficient (Wildman–Crippen LogP) is 3.74. The average molecular weight is 348 g/mol. The van der Waals surface area contributed by atoms with Crippen LogP contribution in [0.1, 0.15) is 11.4 Å². The summed E-state index contributed by atoms with van der Waals surface area (Å²) in [4.78, 5) is 16.6. The number of hydrogen-bond donors (Lipinski definition) is 1. The number of imidazole rings is 1. The van der Waals surface area contributed by atoms with E-state index < -0.39 is 0 Å². The quantitative estimate of drug-likeness (QED) is 0.781. The third kappa shape index (κ3) is 3.49. The molecule has 0 saturated heterocycles. The van der Waals surface area contributed by atoms with Gasteiger partial charge in [0.05, 0.1) is 24.0 Å². The Morgan fingerprint density at radius 2 is 2.00 bits per heavy atom. The van der Waals surface area contributed by atoms with E-state index >= 15 is 0 Å². The summed E-state index contributed by atoms with van der Waals surface area (Å²) in [5.74, 6) is 0.697. The third-order valence-corrected chi connectivity index (χ3v) is 4.28.